The van der Waals surface area contributed by atoms with E-state index in [9.17, 15) is 4.79 Å². The van der Waals surface area contributed by atoms with Crippen molar-refractivity contribution in [3.63, 3.8) is 0 Å². The fourth-order valence-electron chi connectivity index (χ4n) is 1.61. The summed E-state index contributed by atoms with van der Waals surface area (Å²) >= 11 is 0. The predicted octanol–water partition coefficient (Wildman–Crippen LogP) is 0.570. The van der Waals surface area contributed by atoms with Crippen molar-refractivity contribution in [2.24, 2.45) is 0 Å². The van der Waals surface area contributed by atoms with Gasteiger partial charge in [-0.2, -0.15) is 0 Å². The Labute approximate surface area is 78.4 Å². The zero-order valence-corrected chi connectivity index (χ0v) is 8.16. The van der Waals surface area contributed by atoms with E-state index < -0.39 is 5.97 Å². The molecule has 0 aromatic rings. The molecule has 1 saturated heterocycles. The lowest BCUT2D eigenvalue weighted by atomic mass is 10.2. The van der Waals surface area contributed by atoms with E-state index in [4.69, 9.17) is 5.11 Å². The average molecular weight is 184 g/mol. The molecule has 1 N–H and O–H groups in total. The highest BCUT2D eigenvalue weighted by molar-refractivity contribution is 5.80. The molecule has 0 aromatic heterocycles. The number of rotatable bonds is 3. The van der Waals surface area contributed by atoms with Gasteiger partial charge in [-0.1, -0.05) is 13.8 Å². The van der Waals surface area contributed by atoms with E-state index in [2.05, 4.69) is 23.9 Å². The lowest BCUT2D eigenvalue weighted by Gasteiger charge is -2.24. The van der Waals surface area contributed by atoms with Crippen LogP contribution in [0.25, 0.3) is 0 Å². The SMILES string of the molecule is CCN1CC(=CC(=O)O)CN1CC. The van der Waals surface area contributed by atoms with E-state index in [1.165, 1.54) is 6.08 Å². The predicted molar refractivity (Wildman–Crippen MR) is 50.2 cm³/mol. The van der Waals surface area contributed by atoms with Crippen LogP contribution in [0.5, 0.6) is 0 Å². The van der Waals surface area contributed by atoms with Gasteiger partial charge in [0.25, 0.3) is 0 Å². The number of nitrogens with zero attached hydrogens (tertiary/aromatic N) is 2. The molecule has 1 heterocycles. The topological polar surface area (TPSA) is 43.8 Å². The van der Waals surface area contributed by atoms with Crippen LogP contribution in [0.4, 0.5) is 0 Å². The van der Waals surface area contributed by atoms with Crippen LogP contribution >= 0.6 is 0 Å². The molecule has 0 saturated carbocycles. The largest absolute Gasteiger partial charge is 0.478 e. The van der Waals surface area contributed by atoms with E-state index in [-0.39, 0.29) is 0 Å². The van der Waals surface area contributed by atoms with Gasteiger partial charge in [-0.05, 0) is 5.57 Å². The minimum atomic E-state index is -0.844. The van der Waals surface area contributed by atoms with E-state index in [1.54, 1.807) is 0 Å². The molecule has 0 amide bonds. The normalized spacial score (nSPS) is 19.4. The molecule has 74 valence electrons. The van der Waals surface area contributed by atoms with Crippen LogP contribution < -0.4 is 0 Å². The summed E-state index contributed by atoms with van der Waals surface area (Å²) in [6, 6.07) is 0. The number of likely N-dealkylation sites (N-methyl/N-ethyl adjacent to an activating group) is 2. The average Bonchev–Trinajstić information content (AvgIpc) is 2.45. The molecule has 1 aliphatic rings. The molecule has 13 heavy (non-hydrogen) atoms. The highest BCUT2D eigenvalue weighted by Crippen LogP contribution is 2.14. The molecule has 0 aliphatic carbocycles. The van der Waals surface area contributed by atoms with Crippen LogP contribution in [0.15, 0.2) is 11.6 Å². The maximum absolute atomic E-state index is 10.4. The lowest BCUT2D eigenvalue weighted by Crippen LogP contribution is -2.35. The first-order chi connectivity index (χ1) is 6.17. The monoisotopic (exact) mass is 184 g/mol. The Hall–Kier alpha value is -0.870. The van der Waals surface area contributed by atoms with Crippen LogP contribution in [0, 0.1) is 0 Å². The zero-order chi connectivity index (χ0) is 9.84. The number of carbonyl (C=O) groups is 1. The molecule has 0 atom stereocenters. The van der Waals surface area contributed by atoms with Crippen LogP contribution in [0.1, 0.15) is 13.8 Å². The summed E-state index contributed by atoms with van der Waals surface area (Å²) in [6.07, 6.45) is 1.32. The van der Waals surface area contributed by atoms with E-state index in [0.717, 1.165) is 31.8 Å². The van der Waals surface area contributed by atoms with Gasteiger partial charge in [0, 0.05) is 32.3 Å². The Morgan fingerprint density at radius 1 is 1.38 bits per heavy atom. The molecule has 1 aliphatic heterocycles. The van der Waals surface area contributed by atoms with E-state index >= 15 is 0 Å². The van der Waals surface area contributed by atoms with Crippen LogP contribution in [-0.2, 0) is 4.79 Å². The Balaban J connectivity index is 2.62. The zero-order valence-electron chi connectivity index (χ0n) is 8.16. The third-order valence-electron chi connectivity index (χ3n) is 2.23. The van der Waals surface area contributed by atoms with Crippen LogP contribution in [0.3, 0.4) is 0 Å². The van der Waals surface area contributed by atoms with Crippen LogP contribution in [-0.4, -0.2) is 47.3 Å². The summed E-state index contributed by atoms with van der Waals surface area (Å²) in [7, 11) is 0. The molecule has 0 unspecified atom stereocenters. The minimum Gasteiger partial charge on any atom is -0.478 e. The van der Waals surface area contributed by atoms with Gasteiger partial charge in [-0.15, -0.1) is 0 Å². The molecular formula is C9H16N2O2. The van der Waals surface area contributed by atoms with Gasteiger partial charge in [-0.3, -0.25) is 0 Å². The molecule has 1 rings (SSSR count). The molecule has 0 radical (unpaired) electrons. The summed E-state index contributed by atoms with van der Waals surface area (Å²) in [5.74, 6) is -0.844. The fourth-order valence-corrected chi connectivity index (χ4v) is 1.61. The quantitative estimate of drug-likeness (QED) is 0.651. The molecule has 4 nitrogen and oxygen atoms in total. The first kappa shape index (κ1) is 10.2. The summed E-state index contributed by atoms with van der Waals surface area (Å²) in [6.45, 7) is 7.54. The number of carboxylic acid groups (broad SMARTS) is 1. The van der Waals surface area contributed by atoms with Crippen molar-refractivity contribution in [1.82, 2.24) is 10.0 Å². The van der Waals surface area contributed by atoms with Crippen molar-refractivity contribution >= 4 is 5.97 Å². The number of aliphatic carboxylic acids is 1. The Morgan fingerprint density at radius 2 is 1.85 bits per heavy atom. The Kier molecular flexibility index (Phi) is 3.45. The van der Waals surface area contributed by atoms with Gasteiger partial charge in [0.2, 0.25) is 0 Å². The number of carboxylic acids is 1. The van der Waals surface area contributed by atoms with Crippen molar-refractivity contribution in [2.75, 3.05) is 26.2 Å². The maximum Gasteiger partial charge on any atom is 0.328 e. The molecular weight excluding hydrogens is 168 g/mol. The second-order valence-corrected chi connectivity index (χ2v) is 3.10. The summed E-state index contributed by atoms with van der Waals surface area (Å²) in [4.78, 5) is 10.4. The standard InChI is InChI=1S/C9H16N2O2/c1-3-10-6-8(5-9(12)13)7-11(10)4-2/h5H,3-4,6-7H2,1-2H3,(H,12,13). The highest BCUT2D eigenvalue weighted by Gasteiger charge is 2.22. The molecule has 0 aromatic carbocycles. The van der Waals surface area contributed by atoms with E-state index in [0.29, 0.717) is 0 Å². The van der Waals surface area contributed by atoms with Gasteiger partial charge < -0.3 is 5.11 Å². The van der Waals surface area contributed by atoms with Gasteiger partial charge in [0.1, 0.15) is 0 Å². The smallest absolute Gasteiger partial charge is 0.328 e. The van der Waals surface area contributed by atoms with Gasteiger partial charge >= 0.3 is 5.97 Å². The molecule has 1 fully saturated rings. The van der Waals surface area contributed by atoms with Crippen molar-refractivity contribution in [3.8, 4) is 0 Å². The van der Waals surface area contributed by atoms with E-state index in [1.807, 2.05) is 0 Å². The number of hydrazine groups is 1. The first-order valence-electron chi connectivity index (χ1n) is 4.59. The Morgan fingerprint density at radius 3 is 2.15 bits per heavy atom. The van der Waals surface area contributed by atoms with Gasteiger partial charge in [0.05, 0.1) is 0 Å². The van der Waals surface area contributed by atoms with Crippen molar-refractivity contribution in [1.29, 1.82) is 0 Å². The molecule has 0 spiro atoms. The molecule has 4 heteroatoms. The number of hydrogen-bond donors (Lipinski definition) is 1. The second kappa shape index (κ2) is 4.39. The minimum absolute atomic E-state index is 0.761. The fraction of sp³-hybridized carbons (Fsp3) is 0.667. The second-order valence-electron chi connectivity index (χ2n) is 3.10. The van der Waals surface area contributed by atoms with Gasteiger partial charge in [0.15, 0.2) is 0 Å². The maximum atomic E-state index is 10.4. The third-order valence-corrected chi connectivity index (χ3v) is 2.23. The molecule has 0 bridgehead atoms. The lowest BCUT2D eigenvalue weighted by molar-refractivity contribution is -0.131. The Bertz CT molecular complexity index is 212. The van der Waals surface area contributed by atoms with Crippen LogP contribution in [0.2, 0.25) is 0 Å². The van der Waals surface area contributed by atoms with Crippen molar-refractivity contribution in [3.05, 3.63) is 11.6 Å². The third kappa shape index (κ3) is 2.54. The summed E-state index contributed by atoms with van der Waals surface area (Å²) in [5, 5.41) is 12.9. The van der Waals surface area contributed by atoms with Gasteiger partial charge in [-0.25, -0.2) is 14.8 Å². The summed E-state index contributed by atoms with van der Waals surface area (Å²) in [5.41, 5.74) is 0.983. The highest BCUT2D eigenvalue weighted by atomic mass is 16.4. The van der Waals surface area contributed by atoms with Crippen molar-refractivity contribution in [2.45, 2.75) is 13.8 Å². The first-order valence-corrected chi connectivity index (χ1v) is 4.59. The number of hydrogen-bond acceptors (Lipinski definition) is 3. The van der Waals surface area contributed by atoms with Crippen molar-refractivity contribution < 1.29 is 9.90 Å². The summed E-state index contributed by atoms with van der Waals surface area (Å²) < 4.78 is 0.